The second-order valence-corrected chi connectivity index (χ2v) is 3.83. The minimum atomic E-state index is -2.82. The number of hydrogen-bond acceptors (Lipinski definition) is 3. The Morgan fingerprint density at radius 3 is 2.76 bits per heavy atom. The lowest BCUT2D eigenvalue weighted by molar-refractivity contribution is -0.0499. The van der Waals surface area contributed by atoms with E-state index in [2.05, 4.69) is 16.7 Å². The van der Waals surface area contributed by atoms with Gasteiger partial charge < -0.3 is 4.74 Å². The zero-order valence-electron chi connectivity index (χ0n) is 9.62. The first-order valence-corrected chi connectivity index (χ1v) is 5.18. The van der Waals surface area contributed by atoms with Crippen molar-refractivity contribution in [2.24, 2.45) is 5.84 Å². The Balaban J connectivity index is 2.84. The molecule has 1 rings (SSSR count). The van der Waals surface area contributed by atoms with Gasteiger partial charge in [0, 0.05) is 6.04 Å². The van der Waals surface area contributed by atoms with Gasteiger partial charge in [-0.05, 0) is 31.0 Å². The third-order valence-corrected chi connectivity index (χ3v) is 2.24. The quantitative estimate of drug-likeness (QED) is 0.458. The lowest BCUT2D eigenvalue weighted by Gasteiger charge is -2.17. The van der Waals surface area contributed by atoms with E-state index < -0.39 is 6.61 Å². The molecule has 0 radical (unpaired) electrons. The number of benzene rings is 1. The Kier molecular flexibility index (Phi) is 5.06. The average molecular weight is 242 g/mol. The molecule has 0 amide bonds. The molecule has 0 fully saturated rings. The van der Waals surface area contributed by atoms with Gasteiger partial charge in [0.2, 0.25) is 0 Å². The summed E-state index contributed by atoms with van der Waals surface area (Å²) in [5.41, 5.74) is 4.36. The Labute approximate surface area is 99.2 Å². The molecule has 0 aliphatic heterocycles. The van der Waals surface area contributed by atoms with Crippen molar-refractivity contribution in [1.29, 1.82) is 0 Å². The lowest BCUT2D eigenvalue weighted by Crippen LogP contribution is -2.28. The molecule has 0 aliphatic rings. The van der Waals surface area contributed by atoms with E-state index >= 15 is 0 Å². The summed E-state index contributed by atoms with van der Waals surface area (Å²) in [6.07, 6.45) is 0.634. The molecule has 0 heterocycles. The molecule has 1 aromatic rings. The van der Waals surface area contributed by atoms with Gasteiger partial charge in [-0.3, -0.25) is 11.3 Å². The highest BCUT2D eigenvalue weighted by atomic mass is 19.3. The zero-order chi connectivity index (χ0) is 12.8. The molecular weight excluding hydrogens is 226 g/mol. The van der Waals surface area contributed by atoms with Gasteiger partial charge in [0.15, 0.2) is 0 Å². The van der Waals surface area contributed by atoms with Gasteiger partial charge in [0.1, 0.15) is 5.75 Å². The number of halogens is 2. The van der Waals surface area contributed by atoms with Crippen molar-refractivity contribution in [3.05, 3.63) is 42.0 Å². The number of alkyl halides is 2. The molecule has 17 heavy (non-hydrogen) atoms. The summed E-state index contributed by atoms with van der Waals surface area (Å²) < 4.78 is 28.5. The molecule has 3 N–H and O–H groups in total. The van der Waals surface area contributed by atoms with E-state index in [1.165, 1.54) is 6.07 Å². The SMILES string of the molecule is C=C(C)CC(NN)c1cccc(OC(F)F)c1. The summed E-state index contributed by atoms with van der Waals surface area (Å²) in [6, 6.07) is 6.30. The van der Waals surface area contributed by atoms with Crippen LogP contribution in [0.3, 0.4) is 0 Å². The minimum absolute atomic E-state index is 0.125. The normalized spacial score (nSPS) is 12.5. The third-order valence-electron chi connectivity index (χ3n) is 2.24. The van der Waals surface area contributed by atoms with E-state index in [0.29, 0.717) is 6.42 Å². The van der Waals surface area contributed by atoms with Gasteiger partial charge in [-0.15, -0.1) is 6.58 Å². The molecule has 0 saturated carbocycles. The van der Waals surface area contributed by atoms with Gasteiger partial charge in [0.25, 0.3) is 0 Å². The molecule has 0 aliphatic carbocycles. The fraction of sp³-hybridized carbons (Fsp3) is 0.333. The molecule has 0 spiro atoms. The minimum Gasteiger partial charge on any atom is -0.435 e. The van der Waals surface area contributed by atoms with Gasteiger partial charge >= 0.3 is 6.61 Å². The van der Waals surface area contributed by atoms with Gasteiger partial charge in [0.05, 0.1) is 0 Å². The van der Waals surface area contributed by atoms with E-state index in [4.69, 9.17) is 5.84 Å². The Hall–Kier alpha value is -1.46. The predicted molar refractivity (Wildman–Crippen MR) is 62.6 cm³/mol. The number of rotatable bonds is 6. The van der Waals surface area contributed by atoms with Crippen molar-refractivity contribution < 1.29 is 13.5 Å². The van der Waals surface area contributed by atoms with Crippen LogP contribution in [0.2, 0.25) is 0 Å². The molecule has 1 unspecified atom stereocenters. The maximum Gasteiger partial charge on any atom is 0.387 e. The third kappa shape index (κ3) is 4.50. The van der Waals surface area contributed by atoms with Gasteiger partial charge in [-0.25, -0.2) is 0 Å². The standard InChI is InChI=1S/C12H16F2N2O/c1-8(2)6-11(16-15)9-4-3-5-10(7-9)17-12(13)14/h3-5,7,11-12,16H,1,6,15H2,2H3. The molecule has 5 heteroatoms. The van der Waals surface area contributed by atoms with E-state index in [-0.39, 0.29) is 11.8 Å². The maximum atomic E-state index is 12.1. The second-order valence-electron chi connectivity index (χ2n) is 3.83. The molecular formula is C12H16F2N2O. The van der Waals surface area contributed by atoms with Crippen molar-refractivity contribution >= 4 is 0 Å². The summed E-state index contributed by atoms with van der Waals surface area (Å²) in [4.78, 5) is 0. The Morgan fingerprint density at radius 1 is 1.53 bits per heavy atom. The van der Waals surface area contributed by atoms with E-state index in [1.807, 2.05) is 6.92 Å². The lowest BCUT2D eigenvalue weighted by atomic mass is 10.0. The second kappa shape index (κ2) is 6.32. The summed E-state index contributed by atoms with van der Waals surface area (Å²) >= 11 is 0. The van der Waals surface area contributed by atoms with E-state index in [1.54, 1.807) is 18.2 Å². The topological polar surface area (TPSA) is 47.3 Å². The fourth-order valence-corrected chi connectivity index (χ4v) is 1.53. The summed E-state index contributed by atoms with van der Waals surface area (Å²) in [6.45, 7) is 2.85. The van der Waals surface area contributed by atoms with Crippen molar-refractivity contribution in [2.75, 3.05) is 0 Å². The van der Waals surface area contributed by atoms with Crippen LogP contribution < -0.4 is 16.0 Å². The molecule has 0 aromatic heterocycles. The predicted octanol–water partition coefficient (Wildman–Crippen LogP) is 2.76. The van der Waals surface area contributed by atoms with Crippen molar-refractivity contribution in [2.45, 2.75) is 26.0 Å². The number of nitrogens with two attached hydrogens (primary N) is 1. The first-order valence-electron chi connectivity index (χ1n) is 5.18. The highest BCUT2D eigenvalue weighted by Crippen LogP contribution is 2.24. The maximum absolute atomic E-state index is 12.1. The van der Waals surface area contributed by atoms with Crippen LogP contribution in [0.1, 0.15) is 24.9 Å². The number of hydrazine groups is 1. The highest BCUT2D eigenvalue weighted by molar-refractivity contribution is 5.31. The number of nitrogens with one attached hydrogen (secondary N) is 1. The van der Waals surface area contributed by atoms with E-state index in [0.717, 1.165) is 11.1 Å². The Bertz CT molecular complexity index is 383. The number of hydrogen-bond donors (Lipinski definition) is 2. The zero-order valence-corrected chi connectivity index (χ0v) is 9.62. The first kappa shape index (κ1) is 13.6. The van der Waals surface area contributed by atoms with Crippen LogP contribution in [0.4, 0.5) is 8.78 Å². The van der Waals surface area contributed by atoms with Crippen LogP contribution in [-0.2, 0) is 0 Å². The van der Waals surface area contributed by atoms with Crippen LogP contribution >= 0.6 is 0 Å². The summed E-state index contributed by atoms with van der Waals surface area (Å²) in [5, 5.41) is 0. The van der Waals surface area contributed by atoms with Crippen molar-refractivity contribution in [1.82, 2.24) is 5.43 Å². The summed E-state index contributed by atoms with van der Waals surface area (Å²) in [5.74, 6) is 5.55. The fourth-order valence-electron chi connectivity index (χ4n) is 1.53. The van der Waals surface area contributed by atoms with Crippen LogP contribution in [0.15, 0.2) is 36.4 Å². The van der Waals surface area contributed by atoms with Gasteiger partial charge in [-0.2, -0.15) is 8.78 Å². The monoisotopic (exact) mass is 242 g/mol. The van der Waals surface area contributed by atoms with Crippen molar-refractivity contribution in [3.63, 3.8) is 0 Å². The Morgan fingerprint density at radius 2 is 2.24 bits per heavy atom. The molecule has 1 atom stereocenters. The van der Waals surface area contributed by atoms with Crippen LogP contribution in [0.5, 0.6) is 5.75 Å². The molecule has 0 bridgehead atoms. The largest absolute Gasteiger partial charge is 0.435 e. The highest BCUT2D eigenvalue weighted by Gasteiger charge is 2.11. The molecule has 94 valence electrons. The van der Waals surface area contributed by atoms with Crippen molar-refractivity contribution in [3.8, 4) is 5.75 Å². The van der Waals surface area contributed by atoms with Crippen LogP contribution in [-0.4, -0.2) is 6.61 Å². The van der Waals surface area contributed by atoms with E-state index in [9.17, 15) is 8.78 Å². The molecule has 0 saturated heterocycles. The number of ether oxygens (including phenoxy) is 1. The molecule has 1 aromatic carbocycles. The summed E-state index contributed by atoms with van der Waals surface area (Å²) in [7, 11) is 0. The smallest absolute Gasteiger partial charge is 0.387 e. The van der Waals surface area contributed by atoms with Crippen LogP contribution in [0, 0.1) is 0 Å². The van der Waals surface area contributed by atoms with Crippen LogP contribution in [0.25, 0.3) is 0 Å². The van der Waals surface area contributed by atoms with Gasteiger partial charge in [-0.1, -0.05) is 17.7 Å². The first-order chi connectivity index (χ1) is 8.02. The average Bonchev–Trinajstić information content (AvgIpc) is 2.25. The molecule has 3 nitrogen and oxygen atoms in total.